The molecule has 1 aromatic carbocycles. The number of carbonyl (C=O) groups excluding carboxylic acids is 1. The zero-order valence-electron chi connectivity index (χ0n) is 11.5. The molecular formula is C16H19N3O. The highest BCUT2D eigenvalue weighted by Gasteiger charge is 2.31. The molecule has 0 radical (unpaired) electrons. The first-order valence-electron chi connectivity index (χ1n) is 7.52. The fourth-order valence-corrected chi connectivity index (χ4v) is 2.72. The predicted molar refractivity (Wildman–Crippen MR) is 77.4 cm³/mol. The van der Waals surface area contributed by atoms with Crippen LogP contribution in [0.3, 0.4) is 0 Å². The Balaban J connectivity index is 1.57. The van der Waals surface area contributed by atoms with Gasteiger partial charge >= 0.3 is 0 Å². The number of nitrogens with one attached hydrogen (secondary N) is 1. The van der Waals surface area contributed by atoms with Gasteiger partial charge in [0.05, 0.1) is 17.4 Å². The molecule has 0 bridgehead atoms. The average Bonchev–Trinajstić information content (AvgIpc) is 3.38. The van der Waals surface area contributed by atoms with Crippen molar-refractivity contribution in [1.82, 2.24) is 14.9 Å². The third-order valence-electron chi connectivity index (χ3n) is 4.31. The first kappa shape index (κ1) is 11.9. The van der Waals surface area contributed by atoms with Crippen molar-refractivity contribution in [1.29, 1.82) is 0 Å². The zero-order chi connectivity index (χ0) is 13.5. The topological polar surface area (TPSA) is 49.0 Å². The summed E-state index contributed by atoms with van der Waals surface area (Å²) in [6.45, 7) is 1.88. The number of fused-ring (bicyclic) bond motifs is 1. The second-order valence-electron chi connectivity index (χ2n) is 6.23. The number of hydrogen-bond donors (Lipinski definition) is 1. The lowest BCUT2D eigenvalue weighted by molar-refractivity contribution is 0.0740. The van der Waals surface area contributed by atoms with Crippen LogP contribution in [0.4, 0.5) is 0 Å². The molecule has 1 heterocycles. The summed E-state index contributed by atoms with van der Waals surface area (Å²) in [6, 6.07) is 5.75. The Kier molecular flexibility index (Phi) is 2.76. The van der Waals surface area contributed by atoms with E-state index in [-0.39, 0.29) is 5.91 Å². The Hall–Kier alpha value is -1.84. The normalized spacial score (nSPS) is 18.4. The Bertz CT molecular complexity index is 626. The summed E-state index contributed by atoms with van der Waals surface area (Å²) in [6.07, 6.45) is 6.81. The molecule has 2 fully saturated rings. The van der Waals surface area contributed by atoms with Gasteiger partial charge in [-0.05, 0) is 55.7 Å². The monoisotopic (exact) mass is 269 g/mol. The van der Waals surface area contributed by atoms with E-state index in [0.29, 0.717) is 0 Å². The number of aromatic amines is 1. The van der Waals surface area contributed by atoms with Gasteiger partial charge in [0.15, 0.2) is 0 Å². The van der Waals surface area contributed by atoms with Gasteiger partial charge in [-0.15, -0.1) is 0 Å². The maximum atomic E-state index is 12.7. The van der Waals surface area contributed by atoms with Gasteiger partial charge in [-0.2, -0.15) is 0 Å². The Morgan fingerprint density at radius 2 is 1.90 bits per heavy atom. The second kappa shape index (κ2) is 4.62. The van der Waals surface area contributed by atoms with Crippen molar-refractivity contribution in [3.8, 4) is 0 Å². The molecule has 2 aliphatic rings. The summed E-state index contributed by atoms with van der Waals surface area (Å²) < 4.78 is 0. The largest absolute Gasteiger partial charge is 0.345 e. The summed E-state index contributed by atoms with van der Waals surface area (Å²) in [5.41, 5.74) is 2.63. The fourth-order valence-electron chi connectivity index (χ4n) is 2.72. The van der Waals surface area contributed by atoms with Crippen LogP contribution < -0.4 is 0 Å². The molecule has 4 heteroatoms. The number of benzene rings is 1. The van der Waals surface area contributed by atoms with Crippen LogP contribution in [0, 0.1) is 11.8 Å². The molecule has 4 nitrogen and oxygen atoms in total. The van der Waals surface area contributed by atoms with Crippen molar-refractivity contribution in [2.75, 3.05) is 13.1 Å². The molecule has 0 aliphatic heterocycles. The molecule has 0 saturated heterocycles. The SMILES string of the molecule is O=C(c1ccc2nc[nH]c2c1)N(CC1CC1)CC1CC1. The van der Waals surface area contributed by atoms with Crippen LogP contribution in [0.5, 0.6) is 0 Å². The molecule has 104 valence electrons. The number of aromatic nitrogens is 2. The third kappa shape index (κ3) is 2.42. The van der Waals surface area contributed by atoms with E-state index < -0.39 is 0 Å². The molecule has 0 unspecified atom stereocenters. The van der Waals surface area contributed by atoms with E-state index in [2.05, 4.69) is 14.9 Å². The molecule has 2 saturated carbocycles. The van der Waals surface area contributed by atoms with Crippen molar-refractivity contribution >= 4 is 16.9 Å². The number of carbonyl (C=O) groups is 1. The minimum absolute atomic E-state index is 0.181. The Morgan fingerprint density at radius 3 is 2.55 bits per heavy atom. The molecule has 1 N–H and O–H groups in total. The molecule has 1 amide bonds. The lowest BCUT2D eigenvalue weighted by atomic mass is 10.1. The van der Waals surface area contributed by atoms with Crippen LogP contribution in [0.1, 0.15) is 36.0 Å². The number of amides is 1. The van der Waals surface area contributed by atoms with Crippen LogP contribution in [0.15, 0.2) is 24.5 Å². The minimum atomic E-state index is 0.181. The van der Waals surface area contributed by atoms with E-state index in [9.17, 15) is 4.79 Å². The zero-order valence-corrected chi connectivity index (χ0v) is 11.5. The Labute approximate surface area is 118 Å². The first-order chi connectivity index (χ1) is 9.79. The van der Waals surface area contributed by atoms with Gasteiger partial charge < -0.3 is 9.88 Å². The number of hydrogen-bond acceptors (Lipinski definition) is 2. The van der Waals surface area contributed by atoms with E-state index in [1.54, 1.807) is 6.33 Å². The highest BCUT2D eigenvalue weighted by molar-refractivity contribution is 5.97. The second-order valence-corrected chi connectivity index (χ2v) is 6.23. The molecule has 2 aromatic rings. The van der Waals surface area contributed by atoms with E-state index in [0.717, 1.165) is 41.5 Å². The third-order valence-corrected chi connectivity index (χ3v) is 4.31. The number of rotatable bonds is 5. The van der Waals surface area contributed by atoms with E-state index in [1.807, 2.05) is 18.2 Å². The van der Waals surface area contributed by atoms with E-state index in [4.69, 9.17) is 0 Å². The van der Waals surface area contributed by atoms with Crippen molar-refractivity contribution in [2.45, 2.75) is 25.7 Å². The van der Waals surface area contributed by atoms with Gasteiger partial charge in [-0.3, -0.25) is 4.79 Å². The molecule has 2 aliphatic carbocycles. The van der Waals surface area contributed by atoms with Gasteiger partial charge in [0.25, 0.3) is 5.91 Å². The van der Waals surface area contributed by atoms with Crippen LogP contribution >= 0.6 is 0 Å². The van der Waals surface area contributed by atoms with Gasteiger partial charge in [-0.25, -0.2) is 4.98 Å². The standard InChI is InChI=1S/C16H19N3O/c20-16(13-5-6-14-15(7-13)18-10-17-14)19(8-11-1-2-11)9-12-3-4-12/h5-7,10-12H,1-4,8-9H2,(H,17,18). The Morgan fingerprint density at radius 1 is 1.20 bits per heavy atom. The van der Waals surface area contributed by atoms with Crippen LogP contribution in [-0.2, 0) is 0 Å². The van der Waals surface area contributed by atoms with E-state index >= 15 is 0 Å². The summed E-state index contributed by atoms with van der Waals surface area (Å²) in [4.78, 5) is 22.1. The van der Waals surface area contributed by atoms with Gasteiger partial charge in [0.1, 0.15) is 0 Å². The highest BCUT2D eigenvalue weighted by atomic mass is 16.2. The first-order valence-corrected chi connectivity index (χ1v) is 7.52. The summed E-state index contributed by atoms with van der Waals surface area (Å²) in [5, 5.41) is 0. The van der Waals surface area contributed by atoms with Gasteiger partial charge in [-0.1, -0.05) is 0 Å². The fraction of sp³-hybridized carbons (Fsp3) is 0.500. The maximum absolute atomic E-state index is 12.7. The predicted octanol–water partition coefficient (Wildman–Crippen LogP) is 2.83. The highest BCUT2D eigenvalue weighted by Crippen LogP contribution is 2.34. The lowest BCUT2D eigenvalue weighted by Crippen LogP contribution is -2.34. The number of nitrogens with zero attached hydrogens (tertiary/aromatic N) is 2. The molecular weight excluding hydrogens is 250 g/mol. The number of imidazole rings is 1. The average molecular weight is 269 g/mol. The molecule has 1 aromatic heterocycles. The molecule has 0 spiro atoms. The van der Waals surface area contributed by atoms with Gasteiger partial charge in [0, 0.05) is 18.7 Å². The van der Waals surface area contributed by atoms with Crippen LogP contribution in [0.25, 0.3) is 11.0 Å². The van der Waals surface area contributed by atoms with E-state index in [1.165, 1.54) is 25.7 Å². The quantitative estimate of drug-likeness (QED) is 0.907. The van der Waals surface area contributed by atoms with Gasteiger partial charge in [0.2, 0.25) is 0 Å². The minimum Gasteiger partial charge on any atom is -0.345 e. The summed E-state index contributed by atoms with van der Waals surface area (Å²) in [7, 11) is 0. The number of H-pyrrole nitrogens is 1. The summed E-state index contributed by atoms with van der Waals surface area (Å²) in [5.74, 6) is 1.67. The van der Waals surface area contributed by atoms with Crippen molar-refractivity contribution in [2.24, 2.45) is 11.8 Å². The van der Waals surface area contributed by atoms with Crippen molar-refractivity contribution in [3.63, 3.8) is 0 Å². The van der Waals surface area contributed by atoms with Crippen molar-refractivity contribution < 1.29 is 4.79 Å². The smallest absolute Gasteiger partial charge is 0.253 e. The lowest BCUT2D eigenvalue weighted by Gasteiger charge is -2.22. The molecule has 4 rings (SSSR count). The van der Waals surface area contributed by atoms with Crippen LogP contribution in [-0.4, -0.2) is 33.9 Å². The molecule has 20 heavy (non-hydrogen) atoms. The van der Waals surface area contributed by atoms with Crippen LogP contribution in [0.2, 0.25) is 0 Å². The molecule has 0 atom stereocenters. The summed E-state index contributed by atoms with van der Waals surface area (Å²) >= 11 is 0. The maximum Gasteiger partial charge on any atom is 0.253 e. The van der Waals surface area contributed by atoms with Crippen molar-refractivity contribution in [3.05, 3.63) is 30.1 Å².